The number of hydrogen-bond donors (Lipinski definition) is 1. The van der Waals surface area contributed by atoms with Gasteiger partial charge in [-0.1, -0.05) is 5.16 Å². The molecule has 1 fully saturated rings. The van der Waals surface area contributed by atoms with E-state index in [0.717, 1.165) is 49.4 Å². The lowest BCUT2D eigenvalue weighted by Crippen LogP contribution is -2.44. The zero-order chi connectivity index (χ0) is 22.1. The van der Waals surface area contributed by atoms with Gasteiger partial charge in [0.05, 0.1) is 6.61 Å². The van der Waals surface area contributed by atoms with E-state index in [4.69, 9.17) is 9.26 Å². The molecule has 5 rings (SSSR count). The molecule has 0 radical (unpaired) electrons. The van der Waals surface area contributed by atoms with Gasteiger partial charge in [0.15, 0.2) is 0 Å². The van der Waals surface area contributed by atoms with E-state index >= 15 is 0 Å². The summed E-state index contributed by atoms with van der Waals surface area (Å²) in [7, 11) is 2.16. The van der Waals surface area contributed by atoms with Crippen LogP contribution in [0.5, 0.6) is 0 Å². The maximum Gasteiger partial charge on any atom is 0.377 e. The molecular weight excluding hydrogens is 408 g/mol. The molecule has 0 spiro atoms. The van der Waals surface area contributed by atoms with Crippen LogP contribution >= 0.6 is 0 Å². The number of anilines is 3. The predicted octanol–water partition coefficient (Wildman–Crippen LogP) is 2.90. The minimum atomic E-state index is -0.488. The molecule has 2 aliphatic rings. The van der Waals surface area contributed by atoms with Crippen molar-refractivity contribution < 1.29 is 14.1 Å². The maximum absolute atomic E-state index is 12.1. The van der Waals surface area contributed by atoms with Crippen LogP contribution in [-0.2, 0) is 17.6 Å². The summed E-state index contributed by atoms with van der Waals surface area (Å²) in [5, 5.41) is 7.39. The van der Waals surface area contributed by atoms with Crippen LogP contribution in [0.15, 0.2) is 35.0 Å². The number of nitrogens with one attached hydrogen (secondary N) is 1. The van der Waals surface area contributed by atoms with Gasteiger partial charge in [0.25, 0.3) is 0 Å². The van der Waals surface area contributed by atoms with Gasteiger partial charge in [-0.05, 0) is 56.6 Å². The summed E-state index contributed by atoms with van der Waals surface area (Å²) in [6.07, 6.45) is 3.17. The molecule has 0 unspecified atom stereocenters. The van der Waals surface area contributed by atoms with Crippen LogP contribution in [0.4, 0.5) is 17.3 Å². The van der Waals surface area contributed by atoms with Gasteiger partial charge in [-0.15, -0.1) is 0 Å². The molecule has 1 N–H and O–H groups in total. The van der Waals surface area contributed by atoms with E-state index < -0.39 is 5.97 Å². The van der Waals surface area contributed by atoms with Gasteiger partial charge < -0.3 is 24.4 Å². The first-order chi connectivity index (χ1) is 15.6. The Balaban J connectivity index is 1.34. The van der Waals surface area contributed by atoms with E-state index in [1.54, 1.807) is 6.92 Å². The van der Waals surface area contributed by atoms with Crippen molar-refractivity contribution in [2.45, 2.75) is 19.8 Å². The highest BCUT2D eigenvalue weighted by Crippen LogP contribution is 2.34. The molecule has 32 heavy (non-hydrogen) atoms. The van der Waals surface area contributed by atoms with Crippen molar-refractivity contribution in [3.8, 4) is 11.4 Å². The van der Waals surface area contributed by atoms with E-state index in [1.807, 2.05) is 18.3 Å². The fourth-order valence-corrected chi connectivity index (χ4v) is 4.15. The summed E-state index contributed by atoms with van der Waals surface area (Å²) in [6, 6.07) is 8.31. The normalized spacial score (nSPS) is 15.8. The lowest BCUT2D eigenvalue weighted by Gasteiger charge is -2.34. The summed E-state index contributed by atoms with van der Waals surface area (Å²) in [5.41, 5.74) is 5.14. The third-order valence-electron chi connectivity index (χ3n) is 5.97. The predicted molar refractivity (Wildman–Crippen MR) is 120 cm³/mol. The first-order valence-corrected chi connectivity index (χ1v) is 10.9. The van der Waals surface area contributed by atoms with Crippen LogP contribution in [-0.4, -0.2) is 65.8 Å². The van der Waals surface area contributed by atoms with Crippen LogP contribution in [0.25, 0.3) is 11.4 Å². The molecule has 1 saturated heterocycles. The largest absolute Gasteiger partial charge is 0.460 e. The van der Waals surface area contributed by atoms with Gasteiger partial charge in [0.2, 0.25) is 11.7 Å². The van der Waals surface area contributed by atoms with Gasteiger partial charge in [-0.2, -0.15) is 0 Å². The van der Waals surface area contributed by atoms with E-state index in [1.165, 1.54) is 5.69 Å². The van der Waals surface area contributed by atoms with Crippen molar-refractivity contribution in [2.24, 2.45) is 0 Å². The Hall–Kier alpha value is -3.46. The Morgan fingerprint density at radius 2 is 1.91 bits per heavy atom. The molecule has 3 heterocycles. The Labute approximate surface area is 186 Å². The highest BCUT2D eigenvalue weighted by atomic mass is 16.6. The van der Waals surface area contributed by atoms with Gasteiger partial charge in [-0.3, -0.25) is 0 Å². The van der Waals surface area contributed by atoms with Crippen molar-refractivity contribution in [1.82, 2.24) is 20.0 Å². The van der Waals surface area contributed by atoms with Crippen LogP contribution in [0, 0.1) is 0 Å². The van der Waals surface area contributed by atoms with E-state index in [2.05, 4.69) is 49.4 Å². The highest BCUT2D eigenvalue weighted by Gasteiger charge is 2.30. The number of carbonyl (C=O) groups excluding carboxylic acids is 1. The molecule has 0 saturated carbocycles. The number of aromatic nitrogens is 3. The third kappa shape index (κ3) is 3.91. The Morgan fingerprint density at radius 1 is 1.12 bits per heavy atom. The van der Waals surface area contributed by atoms with Crippen molar-refractivity contribution in [1.29, 1.82) is 0 Å². The fraction of sp³-hybridized carbons (Fsp3) is 0.391. The number of fused-ring (bicyclic) bond motifs is 3. The summed E-state index contributed by atoms with van der Waals surface area (Å²) in [5.74, 6) is 0.155. The van der Waals surface area contributed by atoms with Crippen molar-refractivity contribution in [2.75, 3.05) is 50.1 Å². The average molecular weight is 435 g/mol. The second-order valence-electron chi connectivity index (χ2n) is 8.09. The monoisotopic (exact) mass is 434 g/mol. The minimum absolute atomic E-state index is 0.167. The number of hydrogen-bond acceptors (Lipinski definition) is 9. The Morgan fingerprint density at radius 3 is 2.66 bits per heavy atom. The SMILES string of the molecule is CCOC(=O)c1onc2c1CCc1cnc(Nc3ccc(N4CCN(C)CC4)cc3)nc1-2. The number of nitrogens with zero attached hydrogens (tertiary/aromatic N) is 5. The molecule has 0 amide bonds. The van der Waals surface area contributed by atoms with Crippen LogP contribution in [0.3, 0.4) is 0 Å². The summed E-state index contributed by atoms with van der Waals surface area (Å²) in [6.45, 7) is 6.26. The molecule has 0 atom stereocenters. The zero-order valence-electron chi connectivity index (χ0n) is 18.3. The number of aryl methyl sites for hydroxylation is 1. The van der Waals surface area contributed by atoms with Gasteiger partial charge in [-0.25, -0.2) is 14.8 Å². The van der Waals surface area contributed by atoms with Crippen molar-refractivity contribution in [3.05, 3.63) is 47.3 Å². The second-order valence-corrected chi connectivity index (χ2v) is 8.09. The number of ether oxygens (including phenoxy) is 1. The number of likely N-dealkylation sites (N-methyl/N-ethyl adjacent to an activating group) is 1. The first-order valence-electron chi connectivity index (χ1n) is 10.9. The molecule has 0 bridgehead atoms. The summed E-state index contributed by atoms with van der Waals surface area (Å²) in [4.78, 5) is 26.0. The van der Waals surface area contributed by atoms with Gasteiger partial charge in [0.1, 0.15) is 11.4 Å². The van der Waals surface area contributed by atoms with Crippen LogP contribution in [0.1, 0.15) is 28.6 Å². The van der Waals surface area contributed by atoms with E-state index in [0.29, 0.717) is 23.8 Å². The summed E-state index contributed by atoms with van der Waals surface area (Å²) >= 11 is 0. The Kier molecular flexibility index (Phi) is 5.48. The lowest BCUT2D eigenvalue weighted by atomic mass is 9.94. The minimum Gasteiger partial charge on any atom is -0.460 e. The molecule has 166 valence electrons. The first kappa shape index (κ1) is 20.4. The molecule has 9 nitrogen and oxygen atoms in total. The van der Waals surface area contributed by atoms with Crippen molar-refractivity contribution >= 4 is 23.3 Å². The number of rotatable bonds is 5. The van der Waals surface area contributed by atoms with Crippen molar-refractivity contribution in [3.63, 3.8) is 0 Å². The third-order valence-corrected chi connectivity index (χ3v) is 5.97. The summed E-state index contributed by atoms with van der Waals surface area (Å²) < 4.78 is 10.4. The number of esters is 1. The topological polar surface area (TPSA) is 96.6 Å². The van der Waals surface area contributed by atoms with Gasteiger partial charge >= 0.3 is 5.97 Å². The molecule has 1 aromatic carbocycles. The standard InChI is InChI=1S/C23H26N6O3/c1-3-31-22(30)21-18-9-4-15-14-24-23(26-19(15)20(18)27-32-21)25-16-5-7-17(8-6-16)29-12-10-28(2)11-13-29/h5-8,14H,3-4,9-13H2,1-2H3,(H,24,25,26). The van der Waals surface area contributed by atoms with Gasteiger partial charge in [0, 0.05) is 49.3 Å². The lowest BCUT2D eigenvalue weighted by molar-refractivity contribution is 0.0478. The van der Waals surface area contributed by atoms with E-state index in [9.17, 15) is 4.79 Å². The number of benzene rings is 1. The molecule has 2 aromatic heterocycles. The van der Waals surface area contributed by atoms with E-state index in [-0.39, 0.29) is 12.4 Å². The molecule has 9 heteroatoms. The molecular formula is C23H26N6O3. The quantitative estimate of drug-likeness (QED) is 0.608. The molecule has 1 aliphatic carbocycles. The number of carbonyl (C=O) groups is 1. The Bertz CT molecular complexity index is 1120. The van der Waals surface area contributed by atoms with Crippen LogP contribution < -0.4 is 10.2 Å². The zero-order valence-corrected chi connectivity index (χ0v) is 18.3. The fourth-order valence-electron chi connectivity index (χ4n) is 4.15. The number of piperazine rings is 1. The second kappa shape index (κ2) is 8.58. The highest BCUT2D eigenvalue weighted by molar-refractivity contribution is 5.90. The average Bonchev–Trinajstić information content (AvgIpc) is 3.25. The van der Waals surface area contributed by atoms with Crippen LogP contribution in [0.2, 0.25) is 0 Å². The molecule has 3 aromatic rings. The maximum atomic E-state index is 12.1. The molecule has 1 aliphatic heterocycles. The smallest absolute Gasteiger partial charge is 0.377 e.